The van der Waals surface area contributed by atoms with Crippen LogP contribution in [0.2, 0.25) is 0 Å². The van der Waals surface area contributed by atoms with Crippen molar-refractivity contribution in [1.29, 1.82) is 0 Å². The van der Waals surface area contributed by atoms with Crippen LogP contribution in [-0.2, 0) is 4.79 Å². The van der Waals surface area contributed by atoms with E-state index in [9.17, 15) is 15.0 Å². The van der Waals surface area contributed by atoms with E-state index in [1.807, 2.05) is 6.08 Å². The molecule has 0 saturated carbocycles. The first-order valence-corrected chi connectivity index (χ1v) is 18.7. The average molecular weight is 604 g/mol. The minimum atomic E-state index is -0.840. The number of nitrogens with one attached hydrogen (secondary N) is 1. The predicted octanol–water partition coefficient (Wildman–Crippen LogP) is 11.1. The molecule has 0 aromatic heterocycles. The largest absolute Gasteiger partial charge is 0.394 e. The molecule has 1 amide bonds. The van der Waals surface area contributed by atoms with E-state index in [2.05, 4.69) is 43.5 Å². The fourth-order valence-electron chi connectivity index (χ4n) is 5.44. The number of hydrogen-bond donors (Lipinski definition) is 3. The minimum Gasteiger partial charge on any atom is -0.394 e. The summed E-state index contributed by atoms with van der Waals surface area (Å²) in [6.45, 7) is 4.27. The van der Waals surface area contributed by atoms with Crippen LogP contribution in [0, 0.1) is 0 Å². The molecule has 0 aromatic carbocycles. The lowest BCUT2D eigenvalue weighted by molar-refractivity contribution is -0.123. The molecule has 0 aliphatic carbocycles. The van der Waals surface area contributed by atoms with Crippen LogP contribution in [0.25, 0.3) is 0 Å². The van der Waals surface area contributed by atoms with Gasteiger partial charge in [-0.3, -0.25) is 4.79 Å². The van der Waals surface area contributed by atoms with Gasteiger partial charge in [-0.1, -0.05) is 166 Å². The molecule has 0 fully saturated rings. The van der Waals surface area contributed by atoms with Gasteiger partial charge in [-0.25, -0.2) is 0 Å². The number of carbonyl (C=O) groups is 1. The van der Waals surface area contributed by atoms with Crippen molar-refractivity contribution >= 4 is 5.91 Å². The van der Waals surface area contributed by atoms with Crippen molar-refractivity contribution in [3.63, 3.8) is 0 Å². The van der Waals surface area contributed by atoms with Crippen LogP contribution in [0.3, 0.4) is 0 Å². The van der Waals surface area contributed by atoms with Crippen molar-refractivity contribution in [2.45, 2.75) is 199 Å². The average Bonchev–Trinajstić information content (AvgIpc) is 3.01. The maximum atomic E-state index is 12.3. The Morgan fingerprint density at radius 1 is 0.558 bits per heavy atom. The summed E-state index contributed by atoms with van der Waals surface area (Å²) in [5.74, 6) is -0.0741. The topological polar surface area (TPSA) is 69.6 Å². The smallest absolute Gasteiger partial charge is 0.220 e. The zero-order valence-electron chi connectivity index (χ0n) is 28.7. The molecule has 0 aliphatic heterocycles. The van der Waals surface area contributed by atoms with E-state index in [0.717, 1.165) is 32.1 Å². The van der Waals surface area contributed by atoms with Crippen molar-refractivity contribution in [3.05, 3.63) is 36.5 Å². The highest BCUT2D eigenvalue weighted by Gasteiger charge is 2.17. The molecule has 4 heteroatoms. The predicted molar refractivity (Wildman–Crippen MR) is 188 cm³/mol. The molecule has 0 heterocycles. The minimum absolute atomic E-state index is 0.0741. The highest BCUT2D eigenvalue weighted by molar-refractivity contribution is 5.76. The van der Waals surface area contributed by atoms with E-state index in [-0.39, 0.29) is 12.5 Å². The van der Waals surface area contributed by atoms with Gasteiger partial charge in [0.2, 0.25) is 5.91 Å². The Hall–Kier alpha value is -1.39. The molecule has 0 spiro atoms. The summed E-state index contributed by atoms with van der Waals surface area (Å²) in [7, 11) is 0. The lowest BCUT2D eigenvalue weighted by atomic mass is 10.0. The van der Waals surface area contributed by atoms with Crippen LogP contribution >= 0.6 is 0 Å². The molecule has 2 atom stereocenters. The summed E-state index contributed by atoms with van der Waals surface area (Å²) < 4.78 is 0. The molecular weight excluding hydrogens is 530 g/mol. The summed E-state index contributed by atoms with van der Waals surface area (Å²) >= 11 is 0. The Labute approximate surface area is 268 Å². The first-order chi connectivity index (χ1) is 21.2. The van der Waals surface area contributed by atoms with E-state index in [4.69, 9.17) is 0 Å². The molecule has 3 N–H and O–H groups in total. The van der Waals surface area contributed by atoms with Crippen molar-refractivity contribution in [3.8, 4) is 0 Å². The maximum absolute atomic E-state index is 12.3. The molecule has 0 saturated heterocycles. The molecule has 0 radical (unpaired) electrons. The van der Waals surface area contributed by atoms with Crippen LogP contribution in [0.1, 0.15) is 187 Å². The van der Waals surface area contributed by atoms with Gasteiger partial charge >= 0.3 is 0 Å². The van der Waals surface area contributed by atoms with Gasteiger partial charge in [0.15, 0.2) is 0 Å². The standard InChI is InChI=1S/C39H73NO3/c1-3-5-7-9-11-13-15-17-18-19-20-21-23-25-27-29-31-33-35-39(43)40-37(36-41)38(42)34-32-30-28-26-24-22-16-14-12-10-8-6-4-2/h13,15,18-19,32,34,37-38,41-42H,3-12,14,16-17,20-31,33,35-36H2,1-2H3,(H,40,43)/b15-13-,19-18-,34-32+. The second kappa shape index (κ2) is 35.1. The third-order valence-electron chi connectivity index (χ3n) is 8.37. The zero-order valence-corrected chi connectivity index (χ0v) is 28.7. The van der Waals surface area contributed by atoms with Crippen LogP contribution in [-0.4, -0.2) is 34.9 Å². The lowest BCUT2D eigenvalue weighted by Gasteiger charge is -2.20. The van der Waals surface area contributed by atoms with Gasteiger partial charge < -0.3 is 15.5 Å². The second-order valence-corrected chi connectivity index (χ2v) is 12.6. The van der Waals surface area contributed by atoms with Crippen molar-refractivity contribution in [2.24, 2.45) is 0 Å². The second-order valence-electron chi connectivity index (χ2n) is 12.6. The van der Waals surface area contributed by atoms with E-state index >= 15 is 0 Å². The first kappa shape index (κ1) is 41.6. The number of rotatable bonds is 33. The van der Waals surface area contributed by atoms with Gasteiger partial charge in [0.25, 0.3) is 0 Å². The number of aliphatic hydroxyl groups excluding tert-OH is 2. The summed E-state index contributed by atoms with van der Waals surface area (Å²) in [5, 5.41) is 22.9. The molecule has 0 aromatic rings. The molecule has 4 nitrogen and oxygen atoms in total. The highest BCUT2D eigenvalue weighted by Crippen LogP contribution is 2.13. The highest BCUT2D eigenvalue weighted by atomic mass is 16.3. The summed E-state index contributed by atoms with van der Waals surface area (Å²) in [5.41, 5.74) is 0. The number of aliphatic hydroxyl groups is 2. The Bertz CT molecular complexity index is 657. The maximum Gasteiger partial charge on any atom is 0.220 e. The van der Waals surface area contributed by atoms with Crippen LogP contribution in [0.5, 0.6) is 0 Å². The van der Waals surface area contributed by atoms with Gasteiger partial charge in [0.05, 0.1) is 18.8 Å². The number of hydrogen-bond acceptors (Lipinski definition) is 3. The van der Waals surface area contributed by atoms with Gasteiger partial charge in [-0.05, 0) is 51.4 Å². The van der Waals surface area contributed by atoms with Gasteiger partial charge in [0.1, 0.15) is 0 Å². The molecule has 2 unspecified atom stereocenters. The summed E-state index contributed by atoms with van der Waals surface area (Å²) in [6, 6.07) is -0.623. The van der Waals surface area contributed by atoms with E-state index in [1.165, 1.54) is 135 Å². The van der Waals surface area contributed by atoms with Crippen LogP contribution in [0.15, 0.2) is 36.5 Å². The SMILES string of the molecule is CCCCCC/C=C\C/C=C\CCCCCCCCCC(=O)NC(CO)C(O)/C=C/CCCCCCCCCCCCC. The molecular formula is C39H73NO3. The first-order valence-electron chi connectivity index (χ1n) is 18.7. The number of unbranched alkanes of at least 4 members (excludes halogenated alkanes) is 22. The number of allylic oxidation sites excluding steroid dienone is 5. The normalized spacial score (nSPS) is 13.5. The molecule has 0 aliphatic rings. The monoisotopic (exact) mass is 604 g/mol. The van der Waals surface area contributed by atoms with Gasteiger partial charge in [0, 0.05) is 6.42 Å². The summed E-state index contributed by atoms with van der Waals surface area (Å²) in [6.07, 6.45) is 45.1. The van der Waals surface area contributed by atoms with Crippen molar-refractivity contribution in [1.82, 2.24) is 5.32 Å². The van der Waals surface area contributed by atoms with Gasteiger partial charge in [-0.15, -0.1) is 0 Å². The Balaban J connectivity index is 3.64. The lowest BCUT2D eigenvalue weighted by Crippen LogP contribution is -2.45. The van der Waals surface area contributed by atoms with E-state index in [1.54, 1.807) is 6.08 Å². The Kier molecular flexibility index (Phi) is 34.0. The summed E-state index contributed by atoms with van der Waals surface area (Å²) in [4.78, 5) is 12.3. The van der Waals surface area contributed by atoms with E-state index < -0.39 is 12.1 Å². The molecule has 0 bridgehead atoms. The van der Waals surface area contributed by atoms with Crippen molar-refractivity contribution in [2.75, 3.05) is 6.61 Å². The fraction of sp³-hybridized carbons (Fsp3) is 0.821. The molecule has 43 heavy (non-hydrogen) atoms. The van der Waals surface area contributed by atoms with Gasteiger partial charge in [-0.2, -0.15) is 0 Å². The number of amides is 1. The van der Waals surface area contributed by atoms with Crippen molar-refractivity contribution < 1.29 is 15.0 Å². The van der Waals surface area contributed by atoms with Crippen LogP contribution < -0.4 is 5.32 Å². The third kappa shape index (κ3) is 31.8. The quantitative estimate of drug-likeness (QED) is 0.0516. The fourth-order valence-corrected chi connectivity index (χ4v) is 5.44. The molecule has 0 rings (SSSR count). The molecule has 252 valence electrons. The number of carbonyl (C=O) groups excluding carboxylic acids is 1. The third-order valence-corrected chi connectivity index (χ3v) is 8.37. The Morgan fingerprint density at radius 3 is 1.42 bits per heavy atom. The van der Waals surface area contributed by atoms with E-state index in [0.29, 0.717) is 6.42 Å². The Morgan fingerprint density at radius 2 is 0.953 bits per heavy atom. The zero-order chi connectivity index (χ0) is 31.5. The van der Waals surface area contributed by atoms with Crippen LogP contribution in [0.4, 0.5) is 0 Å².